The van der Waals surface area contributed by atoms with Crippen molar-refractivity contribution in [2.75, 3.05) is 6.61 Å². The summed E-state index contributed by atoms with van der Waals surface area (Å²) in [7, 11) is 0. The Morgan fingerprint density at radius 3 is 2.86 bits per heavy atom. The third kappa shape index (κ3) is 3.47. The molecule has 0 radical (unpaired) electrons. The van der Waals surface area contributed by atoms with Gasteiger partial charge in [0.15, 0.2) is 0 Å². The molecule has 116 valence electrons. The molecule has 1 heterocycles. The number of hydrogen-bond acceptors (Lipinski definition) is 4. The minimum absolute atomic E-state index is 0.0217. The average molecular weight is 293 g/mol. The van der Waals surface area contributed by atoms with E-state index < -0.39 is 5.97 Å². The molecule has 0 aliphatic carbocycles. The molecule has 5 nitrogen and oxygen atoms in total. The van der Waals surface area contributed by atoms with Gasteiger partial charge in [-0.2, -0.15) is 0 Å². The quantitative estimate of drug-likeness (QED) is 0.841. The maximum Gasteiger partial charge on any atom is 0.304 e. The van der Waals surface area contributed by atoms with Gasteiger partial charge in [-0.15, -0.1) is 0 Å². The first-order valence-corrected chi connectivity index (χ1v) is 7.36. The Morgan fingerprint density at radius 2 is 2.29 bits per heavy atom. The smallest absolute Gasteiger partial charge is 0.304 e. The zero-order chi connectivity index (χ0) is 15.6. The first-order chi connectivity index (χ1) is 9.92. The SMILES string of the molecule is CCOc1cc2c(cc1C(CC(=O)O)C(C)N)OC(C)C2. The molecule has 0 aromatic heterocycles. The van der Waals surface area contributed by atoms with Crippen LogP contribution >= 0.6 is 0 Å². The molecule has 3 atom stereocenters. The molecule has 0 saturated heterocycles. The second-order valence-electron chi connectivity index (χ2n) is 5.63. The summed E-state index contributed by atoms with van der Waals surface area (Å²) >= 11 is 0. The first-order valence-electron chi connectivity index (χ1n) is 7.36. The number of hydrogen-bond donors (Lipinski definition) is 2. The van der Waals surface area contributed by atoms with Gasteiger partial charge in [-0.05, 0) is 32.9 Å². The number of nitrogens with two attached hydrogens (primary N) is 1. The van der Waals surface area contributed by atoms with Crippen LogP contribution in [0.4, 0.5) is 0 Å². The summed E-state index contributed by atoms with van der Waals surface area (Å²) in [5.74, 6) is 0.373. The van der Waals surface area contributed by atoms with Gasteiger partial charge in [-0.1, -0.05) is 0 Å². The number of carboxylic acid groups (broad SMARTS) is 1. The number of carboxylic acids is 1. The highest BCUT2D eigenvalue weighted by Gasteiger charge is 2.28. The van der Waals surface area contributed by atoms with E-state index in [1.807, 2.05) is 32.9 Å². The molecule has 3 N–H and O–H groups in total. The van der Waals surface area contributed by atoms with Gasteiger partial charge in [0.2, 0.25) is 0 Å². The van der Waals surface area contributed by atoms with Gasteiger partial charge in [0.25, 0.3) is 0 Å². The molecule has 2 rings (SSSR count). The van der Waals surface area contributed by atoms with Gasteiger partial charge in [0, 0.05) is 29.5 Å². The molecule has 1 aromatic carbocycles. The number of fused-ring (bicyclic) bond motifs is 1. The number of carbonyl (C=O) groups is 1. The van der Waals surface area contributed by atoms with Gasteiger partial charge in [0.05, 0.1) is 13.0 Å². The van der Waals surface area contributed by atoms with E-state index in [1.54, 1.807) is 0 Å². The molecule has 1 aliphatic rings. The summed E-state index contributed by atoms with van der Waals surface area (Å²) in [4.78, 5) is 11.1. The highest BCUT2D eigenvalue weighted by atomic mass is 16.5. The molecule has 5 heteroatoms. The lowest BCUT2D eigenvalue weighted by Gasteiger charge is -2.23. The van der Waals surface area contributed by atoms with Crippen molar-refractivity contribution in [2.24, 2.45) is 5.73 Å². The third-order valence-electron chi connectivity index (χ3n) is 3.76. The minimum Gasteiger partial charge on any atom is -0.494 e. The van der Waals surface area contributed by atoms with E-state index in [1.165, 1.54) is 0 Å². The normalized spacial score (nSPS) is 19.5. The Hall–Kier alpha value is -1.75. The Morgan fingerprint density at radius 1 is 1.57 bits per heavy atom. The molecular formula is C16H23NO4. The van der Waals surface area contributed by atoms with E-state index in [4.69, 9.17) is 20.3 Å². The van der Waals surface area contributed by atoms with E-state index in [9.17, 15) is 4.79 Å². The molecule has 21 heavy (non-hydrogen) atoms. The molecular weight excluding hydrogens is 270 g/mol. The van der Waals surface area contributed by atoms with Crippen molar-refractivity contribution in [3.63, 3.8) is 0 Å². The first kappa shape index (κ1) is 15.6. The van der Waals surface area contributed by atoms with Gasteiger partial charge in [-0.25, -0.2) is 0 Å². The molecule has 0 bridgehead atoms. The molecule has 1 aliphatic heterocycles. The fourth-order valence-corrected chi connectivity index (χ4v) is 2.79. The van der Waals surface area contributed by atoms with Crippen LogP contribution in [0.25, 0.3) is 0 Å². The molecule has 1 aromatic rings. The van der Waals surface area contributed by atoms with Crippen LogP contribution < -0.4 is 15.2 Å². The fraction of sp³-hybridized carbons (Fsp3) is 0.562. The lowest BCUT2D eigenvalue weighted by atomic mass is 9.88. The second kappa shape index (κ2) is 6.35. The highest BCUT2D eigenvalue weighted by molar-refractivity contribution is 5.69. The van der Waals surface area contributed by atoms with Gasteiger partial charge in [0.1, 0.15) is 17.6 Å². The molecule has 0 spiro atoms. The van der Waals surface area contributed by atoms with Crippen LogP contribution in [0.2, 0.25) is 0 Å². The van der Waals surface area contributed by atoms with Gasteiger partial charge >= 0.3 is 5.97 Å². The van der Waals surface area contributed by atoms with Crippen molar-refractivity contribution in [3.05, 3.63) is 23.3 Å². The van der Waals surface area contributed by atoms with Crippen molar-refractivity contribution in [1.29, 1.82) is 0 Å². The Bertz CT molecular complexity index is 527. The summed E-state index contributed by atoms with van der Waals surface area (Å²) in [5.41, 5.74) is 7.92. The van der Waals surface area contributed by atoms with Crippen molar-refractivity contribution in [2.45, 2.75) is 51.7 Å². The zero-order valence-electron chi connectivity index (χ0n) is 12.8. The van der Waals surface area contributed by atoms with Crippen molar-refractivity contribution >= 4 is 5.97 Å². The molecule has 0 amide bonds. The van der Waals surface area contributed by atoms with Crippen molar-refractivity contribution in [3.8, 4) is 11.5 Å². The van der Waals surface area contributed by atoms with Crippen LogP contribution in [0.1, 0.15) is 44.2 Å². The summed E-state index contributed by atoms with van der Waals surface area (Å²) < 4.78 is 11.5. The lowest BCUT2D eigenvalue weighted by Crippen LogP contribution is -2.27. The summed E-state index contributed by atoms with van der Waals surface area (Å²) in [6, 6.07) is 3.59. The largest absolute Gasteiger partial charge is 0.494 e. The van der Waals surface area contributed by atoms with Gasteiger partial charge < -0.3 is 20.3 Å². The van der Waals surface area contributed by atoms with E-state index in [0.29, 0.717) is 6.61 Å². The Kier molecular flexibility index (Phi) is 4.73. The monoisotopic (exact) mass is 293 g/mol. The topological polar surface area (TPSA) is 81.8 Å². The van der Waals surface area contributed by atoms with Crippen molar-refractivity contribution in [1.82, 2.24) is 0 Å². The number of aliphatic carboxylic acids is 1. The van der Waals surface area contributed by atoms with Gasteiger partial charge in [-0.3, -0.25) is 4.79 Å². The number of ether oxygens (including phenoxy) is 2. The number of rotatable bonds is 6. The average Bonchev–Trinajstić information content (AvgIpc) is 2.74. The summed E-state index contributed by atoms with van der Waals surface area (Å²) in [6.45, 7) is 6.27. The van der Waals surface area contributed by atoms with Crippen LogP contribution in [0.5, 0.6) is 11.5 Å². The predicted molar refractivity (Wildman–Crippen MR) is 80.0 cm³/mol. The third-order valence-corrected chi connectivity index (χ3v) is 3.76. The molecule has 0 fully saturated rings. The lowest BCUT2D eigenvalue weighted by molar-refractivity contribution is -0.137. The van der Waals surface area contributed by atoms with Crippen LogP contribution in [0.15, 0.2) is 12.1 Å². The van der Waals surface area contributed by atoms with E-state index in [-0.39, 0.29) is 24.5 Å². The second-order valence-corrected chi connectivity index (χ2v) is 5.63. The maximum absolute atomic E-state index is 11.1. The van der Waals surface area contributed by atoms with Crippen LogP contribution in [-0.4, -0.2) is 29.8 Å². The van der Waals surface area contributed by atoms with Crippen LogP contribution in [-0.2, 0) is 11.2 Å². The standard InChI is InChI=1S/C16H23NO4/c1-4-20-15-6-11-5-9(2)21-14(11)7-13(15)12(10(3)17)8-16(18)19/h6-7,9-10,12H,4-5,8,17H2,1-3H3,(H,18,19). The zero-order valence-corrected chi connectivity index (χ0v) is 12.8. The van der Waals surface area contributed by atoms with E-state index in [0.717, 1.165) is 29.0 Å². The van der Waals surface area contributed by atoms with Crippen LogP contribution in [0.3, 0.4) is 0 Å². The Labute approximate surface area is 125 Å². The van der Waals surface area contributed by atoms with Crippen molar-refractivity contribution < 1.29 is 19.4 Å². The van der Waals surface area contributed by atoms with Crippen LogP contribution in [0, 0.1) is 0 Å². The molecule has 0 saturated carbocycles. The van der Waals surface area contributed by atoms with E-state index in [2.05, 4.69) is 0 Å². The summed E-state index contributed by atoms with van der Waals surface area (Å²) in [6.07, 6.45) is 0.960. The summed E-state index contributed by atoms with van der Waals surface area (Å²) in [5, 5.41) is 9.12. The molecule has 3 unspecified atom stereocenters. The van der Waals surface area contributed by atoms with E-state index >= 15 is 0 Å². The Balaban J connectivity index is 2.44. The number of benzene rings is 1. The fourth-order valence-electron chi connectivity index (χ4n) is 2.79. The highest BCUT2D eigenvalue weighted by Crippen LogP contribution is 2.40. The predicted octanol–water partition coefficient (Wildman–Crippen LogP) is 2.31. The maximum atomic E-state index is 11.1. The minimum atomic E-state index is -0.866.